The van der Waals surface area contributed by atoms with Crippen LogP contribution in [0.25, 0.3) is 11.2 Å². The number of imidazole rings is 1. The number of nitrogens with one attached hydrogen (secondary N) is 4. The van der Waals surface area contributed by atoms with Crippen molar-refractivity contribution in [1.29, 1.82) is 0 Å². The zero-order chi connectivity index (χ0) is 32.7. The highest BCUT2D eigenvalue weighted by Gasteiger charge is 2.48. The summed E-state index contributed by atoms with van der Waals surface area (Å²) in [6.45, 7) is -0.377. The second kappa shape index (κ2) is 18.3. The molecule has 1 saturated heterocycles. The maximum Gasteiger partial charge on any atom is 0.239 e. The van der Waals surface area contributed by atoms with Crippen molar-refractivity contribution < 1.29 is 39.5 Å². The Balaban J connectivity index is 1.11. The molecule has 8 N–H and O–H groups in total. The molecule has 0 radical (unpaired) electrons. The summed E-state index contributed by atoms with van der Waals surface area (Å²) in [5.74, 6) is 0.191. The number of nitrogens with zero attached hydrogens (tertiary/aromatic N) is 3. The standard InChI is InChI=1S/C31H45N7O8/c39-17-21(40)28-24(26(43)27(44)31(46-28)38-30-25-29(34-18-33-25)35-19-36-30)37-23(42)16-32-22(41)14-10-5-3-1-2-4-6-11-15-45-20-12-8-7-9-13-20/h7-9,12-13,18-19,21,24,26-28,31,39-40,43-44H,1-6,10-11,14-17H2,(H,32,41)(H,37,42)(H2,33,34,35,36,38)/t21?,24-,26-,27-,28+,31?/m1/s1. The maximum atomic E-state index is 12.7. The molecule has 46 heavy (non-hydrogen) atoms. The van der Waals surface area contributed by atoms with E-state index in [9.17, 15) is 30.0 Å². The van der Waals surface area contributed by atoms with Gasteiger partial charge in [0.15, 0.2) is 17.7 Å². The molecule has 0 aliphatic carbocycles. The number of rotatable bonds is 19. The van der Waals surface area contributed by atoms with Crippen LogP contribution in [-0.2, 0) is 14.3 Å². The summed E-state index contributed by atoms with van der Waals surface area (Å²) >= 11 is 0. The molecule has 2 unspecified atom stereocenters. The Morgan fingerprint density at radius 2 is 1.65 bits per heavy atom. The van der Waals surface area contributed by atoms with E-state index in [1.165, 1.54) is 12.7 Å². The Morgan fingerprint density at radius 3 is 2.39 bits per heavy atom. The Bertz CT molecular complexity index is 1350. The van der Waals surface area contributed by atoms with Gasteiger partial charge in [0.05, 0.1) is 32.1 Å². The summed E-state index contributed by atoms with van der Waals surface area (Å²) in [5.41, 5.74) is 0.782. The van der Waals surface area contributed by atoms with Gasteiger partial charge in [0.1, 0.15) is 42.0 Å². The minimum absolute atomic E-state index is 0.224. The highest BCUT2D eigenvalue weighted by atomic mass is 16.5. The number of anilines is 1. The molecule has 2 aromatic heterocycles. The predicted octanol–water partition coefficient (Wildman–Crippen LogP) is 0.756. The lowest BCUT2D eigenvalue weighted by Gasteiger charge is -2.44. The van der Waals surface area contributed by atoms with Gasteiger partial charge in [-0.1, -0.05) is 56.7 Å². The molecule has 1 aromatic carbocycles. The van der Waals surface area contributed by atoms with Gasteiger partial charge < -0.3 is 50.8 Å². The van der Waals surface area contributed by atoms with Crippen molar-refractivity contribution in [3.63, 3.8) is 0 Å². The van der Waals surface area contributed by atoms with E-state index in [0.29, 0.717) is 17.6 Å². The van der Waals surface area contributed by atoms with Gasteiger partial charge in [-0.2, -0.15) is 0 Å². The third kappa shape index (κ3) is 10.3. The number of benzene rings is 1. The van der Waals surface area contributed by atoms with E-state index in [1.54, 1.807) is 0 Å². The summed E-state index contributed by atoms with van der Waals surface area (Å²) in [6.07, 6.45) is 3.89. The molecule has 1 fully saturated rings. The van der Waals surface area contributed by atoms with Gasteiger partial charge in [-0.25, -0.2) is 15.0 Å². The largest absolute Gasteiger partial charge is 0.494 e. The van der Waals surface area contributed by atoms with Crippen molar-refractivity contribution in [3.05, 3.63) is 43.0 Å². The average Bonchev–Trinajstić information content (AvgIpc) is 3.56. The third-order valence-corrected chi connectivity index (χ3v) is 7.84. The molecule has 3 aromatic rings. The van der Waals surface area contributed by atoms with Gasteiger partial charge in [0.2, 0.25) is 11.8 Å². The SMILES string of the molecule is O=C(CCCCCCCCCCOc1ccccc1)NCC(=O)N[C@@H]1[C@@H](O)[C@@H](O)C(Nc2ncnc3nc[nH]c23)O[C@H]1C(O)CO. The van der Waals surface area contributed by atoms with Crippen LogP contribution in [0.2, 0.25) is 0 Å². The molecule has 1 aliphatic rings. The van der Waals surface area contributed by atoms with Crippen LogP contribution < -0.4 is 20.7 Å². The minimum Gasteiger partial charge on any atom is -0.494 e. The van der Waals surface area contributed by atoms with Crippen LogP contribution in [0.15, 0.2) is 43.0 Å². The molecular weight excluding hydrogens is 598 g/mol. The van der Waals surface area contributed by atoms with E-state index in [2.05, 4.69) is 35.9 Å². The van der Waals surface area contributed by atoms with Crippen LogP contribution in [-0.4, -0.2) is 109 Å². The van der Waals surface area contributed by atoms with E-state index in [0.717, 1.165) is 57.3 Å². The van der Waals surface area contributed by atoms with Crippen molar-refractivity contribution in [3.8, 4) is 5.75 Å². The summed E-state index contributed by atoms with van der Waals surface area (Å²) in [4.78, 5) is 39.9. The molecule has 1 aliphatic heterocycles. The number of carbonyl (C=O) groups excluding carboxylic acids is 2. The number of carbonyl (C=O) groups is 2. The molecule has 15 nitrogen and oxygen atoms in total. The summed E-state index contributed by atoms with van der Waals surface area (Å²) in [7, 11) is 0. The third-order valence-electron chi connectivity index (χ3n) is 7.84. The maximum absolute atomic E-state index is 12.7. The van der Waals surface area contributed by atoms with Crippen molar-refractivity contribution in [2.45, 2.75) is 94.5 Å². The highest BCUT2D eigenvalue weighted by molar-refractivity contribution is 5.85. The Kier molecular flexibility index (Phi) is 13.9. The topological polar surface area (TPSA) is 224 Å². The first-order valence-electron chi connectivity index (χ1n) is 15.8. The lowest BCUT2D eigenvalue weighted by Crippen LogP contribution is -2.68. The summed E-state index contributed by atoms with van der Waals surface area (Å²) < 4.78 is 11.5. The van der Waals surface area contributed by atoms with E-state index >= 15 is 0 Å². The number of aliphatic hydroxyl groups excluding tert-OH is 4. The number of H-pyrrole nitrogens is 1. The number of ether oxygens (including phenoxy) is 2. The van der Waals surface area contributed by atoms with Crippen LogP contribution in [0.3, 0.4) is 0 Å². The van der Waals surface area contributed by atoms with Gasteiger partial charge in [0.25, 0.3) is 0 Å². The second-order valence-electron chi connectivity index (χ2n) is 11.3. The molecule has 0 spiro atoms. The fraction of sp³-hybridized carbons (Fsp3) is 0.581. The average molecular weight is 644 g/mol. The zero-order valence-corrected chi connectivity index (χ0v) is 25.8. The van der Waals surface area contributed by atoms with Crippen molar-refractivity contribution in [1.82, 2.24) is 30.6 Å². The van der Waals surface area contributed by atoms with Gasteiger partial charge >= 0.3 is 0 Å². The molecule has 15 heteroatoms. The minimum atomic E-state index is -1.60. The van der Waals surface area contributed by atoms with E-state index in [-0.39, 0.29) is 24.7 Å². The van der Waals surface area contributed by atoms with Gasteiger partial charge in [-0.05, 0) is 25.0 Å². The van der Waals surface area contributed by atoms with E-state index in [4.69, 9.17) is 9.47 Å². The normalized spacial score (nSPS) is 21.9. The van der Waals surface area contributed by atoms with Crippen molar-refractivity contribution >= 4 is 28.8 Å². The van der Waals surface area contributed by atoms with Crippen LogP contribution in [0.5, 0.6) is 5.75 Å². The number of unbranched alkanes of at least 4 members (excludes halogenated alkanes) is 7. The van der Waals surface area contributed by atoms with Gasteiger partial charge in [-0.3, -0.25) is 9.59 Å². The second-order valence-corrected chi connectivity index (χ2v) is 11.3. The lowest BCUT2D eigenvalue weighted by atomic mass is 9.92. The molecule has 0 bridgehead atoms. The monoisotopic (exact) mass is 643 g/mol. The molecule has 0 saturated carbocycles. The quantitative estimate of drug-likeness (QED) is 0.0848. The van der Waals surface area contributed by atoms with E-state index in [1.807, 2.05) is 30.3 Å². The van der Waals surface area contributed by atoms with Crippen LogP contribution in [0, 0.1) is 0 Å². The molecule has 6 atom stereocenters. The smallest absolute Gasteiger partial charge is 0.239 e. The summed E-state index contributed by atoms with van der Waals surface area (Å²) in [5, 5.41) is 49.6. The number of amides is 2. The Morgan fingerprint density at radius 1 is 0.935 bits per heavy atom. The van der Waals surface area contributed by atoms with Crippen LogP contribution in [0.4, 0.5) is 5.82 Å². The first kappa shape index (κ1) is 35.0. The predicted molar refractivity (Wildman–Crippen MR) is 168 cm³/mol. The zero-order valence-electron chi connectivity index (χ0n) is 25.8. The van der Waals surface area contributed by atoms with Crippen molar-refractivity contribution in [2.24, 2.45) is 0 Å². The molecule has 252 valence electrons. The number of hydrogen-bond donors (Lipinski definition) is 8. The first-order valence-corrected chi connectivity index (χ1v) is 15.8. The van der Waals surface area contributed by atoms with Crippen LogP contribution in [0.1, 0.15) is 57.8 Å². The lowest BCUT2D eigenvalue weighted by molar-refractivity contribution is -0.204. The van der Waals surface area contributed by atoms with Crippen molar-refractivity contribution in [2.75, 3.05) is 25.1 Å². The summed E-state index contributed by atoms with van der Waals surface area (Å²) in [6, 6.07) is 8.51. The van der Waals surface area contributed by atoms with Crippen LogP contribution >= 0.6 is 0 Å². The number of aromatic amines is 1. The number of para-hydroxylation sites is 1. The number of fused-ring (bicyclic) bond motifs is 1. The molecule has 4 rings (SSSR count). The highest BCUT2D eigenvalue weighted by Crippen LogP contribution is 2.26. The molecular formula is C31H45N7O8. The van der Waals surface area contributed by atoms with E-state index < -0.39 is 49.2 Å². The fourth-order valence-corrected chi connectivity index (χ4v) is 5.31. The number of hydrogen-bond acceptors (Lipinski definition) is 12. The van der Waals surface area contributed by atoms with Gasteiger partial charge in [-0.15, -0.1) is 0 Å². The Hall–Kier alpha value is -3.89. The first-order chi connectivity index (χ1) is 22.4. The van der Waals surface area contributed by atoms with Gasteiger partial charge in [0, 0.05) is 6.42 Å². The Labute approximate surface area is 267 Å². The molecule has 3 heterocycles. The fourth-order valence-electron chi connectivity index (χ4n) is 5.31. The number of aliphatic hydroxyl groups is 4. The number of aromatic nitrogens is 4. The molecule has 2 amide bonds.